The summed E-state index contributed by atoms with van der Waals surface area (Å²) in [5.74, 6) is 1.51. The smallest absolute Gasteiger partial charge is 0.254 e. The SMILES string of the molecule is O=C(c1ccc(CSc2ncn[nH]2)cc1)N(Cc1ccco1)Cc1cccs1. The fraction of sp³-hybridized carbons (Fsp3) is 0.150. The fourth-order valence-corrected chi connectivity index (χ4v) is 4.18. The zero-order valence-corrected chi connectivity index (χ0v) is 16.6. The molecule has 0 aliphatic carbocycles. The Labute approximate surface area is 170 Å². The van der Waals surface area contributed by atoms with Gasteiger partial charge in [0.15, 0.2) is 5.16 Å². The first-order valence-electron chi connectivity index (χ1n) is 8.69. The number of aromatic nitrogens is 3. The number of nitrogens with zero attached hydrogens (tertiary/aromatic N) is 3. The zero-order chi connectivity index (χ0) is 19.2. The molecular weight excluding hydrogens is 392 g/mol. The van der Waals surface area contributed by atoms with E-state index in [1.807, 2.05) is 58.8 Å². The number of aromatic amines is 1. The van der Waals surface area contributed by atoms with Crippen LogP contribution >= 0.6 is 23.1 Å². The standard InChI is InChI=1S/C20H18N4O2S2/c25-19(16-7-5-15(6-8-16)13-28-20-21-14-22-23-20)24(11-17-3-1-9-26-17)12-18-4-2-10-27-18/h1-10,14H,11-13H2,(H,21,22,23). The Bertz CT molecular complexity index is 945. The molecule has 0 radical (unpaired) electrons. The van der Waals surface area contributed by atoms with Crippen LogP contribution in [-0.4, -0.2) is 26.0 Å². The van der Waals surface area contributed by atoms with Crippen LogP contribution in [-0.2, 0) is 18.8 Å². The predicted octanol–water partition coefficient (Wildman–Crippen LogP) is 4.59. The molecule has 8 heteroatoms. The first kappa shape index (κ1) is 18.5. The molecule has 28 heavy (non-hydrogen) atoms. The lowest BCUT2D eigenvalue weighted by atomic mass is 10.1. The summed E-state index contributed by atoms with van der Waals surface area (Å²) in [5.41, 5.74) is 1.78. The van der Waals surface area contributed by atoms with Crippen LogP contribution in [0.4, 0.5) is 0 Å². The molecule has 0 spiro atoms. The Kier molecular flexibility index (Phi) is 5.89. The minimum absolute atomic E-state index is 0.0146. The molecule has 4 aromatic rings. The van der Waals surface area contributed by atoms with Crippen molar-refractivity contribution in [1.29, 1.82) is 0 Å². The Balaban J connectivity index is 1.45. The molecule has 0 saturated carbocycles. The van der Waals surface area contributed by atoms with Gasteiger partial charge in [-0.05, 0) is 41.3 Å². The number of rotatable bonds is 8. The number of amides is 1. The maximum Gasteiger partial charge on any atom is 0.254 e. The van der Waals surface area contributed by atoms with E-state index in [0.29, 0.717) is 18.7 Å². The largest absolute Gasteiger partial charge is 0.467 e. The van der Waals surface area contributed by atoms with E-state index < -0.39 is 0 Å². The van der Waals surface area contributed by atoms with Crippen LogP contribution < -0.4 is 0 Å². The topological polar surface area (TPSA) is 75.0 Å². The molecule has 6 nitrogen and oxygen atoms in total. The van der Waals surface area contributed by atoms with E-state index in [9.17, 15) is 4.79 Å². The van der Waals surface area contributed by atoms with Crippen LogP contribution in [0, 0.1) is 0 Å². The maximum atomic E-state index is 13.1. The van der Waals surface area contributed by atoms with Crippen LogP contribution in [0.15, 0.2) is 76.1 Å². The summed E-state index contributed by atoms with van der Waals surface area (Å²) in [6.07, 6.45) is 3.12. The summed E-state index contributed by atoms with van der Waals surface area (Å²) in [7, 11) is 0. The highest BCUT2D eigenvalue weighted by Gasteiger charge is 2.18. The first-order chi connectivity index (χ1) is 13.8. The van der Waals surface area contributed by atoms with Gasteiger partial charge in [0.2, 0.25) is 0 Å². The quantitative estimate of drug-likeness (QED) is 0.430. The van der Waals surface area contributed by atoms with Crippen LogP contribution in [0.25, 0.3) is 0 Å². The molecule has 0 bridgehead atoms. The van der Waals surface area contributed by atoms with Gasteiger partial charge in [-0.15, -0.1) is 11.3 Å². The third-order valence-electron chi connectivity index (χ3n) is 4.11. The molecule has 3 heterocycles. The molecule has 1 N–H and O–H groups in total. The predicted molar refractivity (Wildman–Crippen MR) is 109 cm³/mol. The number of carbonyl (C=O) groups excluding carboxylic acids is 1. The molecule has 1 amide bonds. The van der Waals surface area contributed by atoms with Gasteiger partial charge in [0, 0.05) is 16.2 Å². The van der Waals surface area contributed by atoms with E-state index in [0.717, 1.165) is 27.1 Å². The van der Waals surface area contributed by atoms with Gasteiger partial charge < -0.3 is 9.32 Å². The van der Waals surface area contributed by atoms with Crippen molar-refractivity contribution >= 4 is 29.0 Å². The number of carbonyl (C=O) groups is 1. The molecule has 3 aromatic heterocycles. The Morgan fingerprint density at radius 2 is 2.04 bits per heavy atom. The first-order valence-corrected chi connectivity index (χ1v) is 10.6. The van der Waals surface area contributed by atoms with Gasteiger partial charge in [0.1, 0.15) is 12.1 Å². The van der Waals surface area contributed by atoms with Crippen LogP contribution in [0.2, 0.25) is 0 Å². The lowest BCUT2D eigenvalue weighted by Crippen LogP contribution is -2.29. The lowest BCUT2D eigenvalue weighted by Gasteiger charge is -2.21. The molecule has 4 rings (SSSR count). The minimum Gasteiger partial charge on any atom is -0.467 e. The highest BCUT2D eigenvalue weighted by Crippen LogP contribution is 2.21. The Morgan fingerprint density at radius 3 is 2.71 bits per heavy atom. The van der Waals surface area contributed by atoms with E-state index >= 15 is 0 Å². The number of furan rings is 1. The minimum atomic E-state index is -0.0146. The number of nitrogens with one attached hydrogen (secondary N) is 1. The summed E-state index contributed by atoms with van der Waals surface area (Å²) in [6, 6.07) is 15.5. The van der Waals surface area contributed by atoms with Gasteiger partial charge in [-0.25, -0.2) is 4.98 Å². The van der Waals surface area contributed by atoms with Gasteiger partial charge in [0.05, 0.1) is 19.4 Å². The van der Waals surface area contributed by atoms with Crippen LogP contribution in [0.3, 0.4) is 0 Å². The van der Waals surface area contributed by atoms with Crippen molar-refractivity contribution in [2.24, 2.45) is 0 Å². The molecule has 1 aromatic carbocycles. The highest BCUT2D eigenvalue weighted by molar-refractivity contribution is 7.98. The number of benzene rings is 1. The van der Waals surface area contributed by atoms with Crippen LogP contribution in [0.5, 0.6) is 0 Å². The number of hydrogen-bond donors (Lipinski definition) is 1. The van der Waals surface area contributed by atoms with Crippen molar-refractivity contribution in [1.82, 2.24) is 20.1 Å². The zero-order valence-electron chi connectivity index (χ0n) is 14.9. The maximum absolute atomic E-state index is 13.1. The van der Waals surface area contributed by atoms with Crippen molar-refractivity contribution in [3.8, 4) is 0 Å². The number of thioether (sulfide) groups is 1. The molecule has 0 aliphatic rings. The van der Waals surface area contributed by atoms with E-state index in [2.05, 4.69) is 15.2 Å². The van der Waals surface area contributed by atoms with Crippen molar-refractivity contribution < 1.29 is 9.21 Å². The summed E-state index contributed by atoms with van der Waals surface area (Å²) in [4.78, 5) is 20.2. The second-order valence-corrected chi connectivity index (χ2v) is 8.09. The number of thiophene rings is 1. The van der Waals surface area contributed by atoms with Gasteiger partial charge in [-0.1, -0.05) is 30.0 Å². The second-order valence-electron chi connectivity index (χ2n) is 6.10. The third-order valence-corrected chi connectivity index (χ3v) is 5.92. The molecular formula is C20H18N4O2S2. The van der Waals surface area contributed by atoms with Gasteiger partial charge >= 0.3 is 0 Å². The van der Waals surface area contributed by atoms with Crippen molar-refractivity contribution in [2.75, 3.05) is 0 Å². The third kappa shape index (κ3) is 4.71. The van der Waals surface area contributed by atoms with Crippen molar-refractivity contribution in [2.45, 2.75) is 24.0 Å². The molecule has 142 valence electrons. The van der Waals surface area contributed by atoms with Crippen molar-refractivity contribution in [3.63, 3.8) is 0 Å². The van der Waals surface area contributed by atoms with E-state index in [1.54, 1.807) is 29.4 Å². The molecule has 0 saturated heterocycles. The second kappa shape index (κ2) is 8.90. The fourth-order valence-electron chi connectivity index (χ4n) is 2.72. The van der Waals surface area contributed by atoms with Crippen LogP contribution in [0.1, 0.15) is 26.6 Å². The van der Waals surface area contributed by atoms with Gasteiger partial charge in [0.25, 0.3) is 5.91 Å². The summed E-state index contributed by atoms with van der Waals surface area (Å²) in [6.45, 7) is 0.993. The Hall–Kier alpha value is -2.84. The molecule has 0 fully saturated rings. The van der Waals surface area contributed by atoms with Crippen molar-refractivity contribution in [3.05, 3.63) is 88.3 Å². The monoisotopic (exact) mass is 410 g/mol. The van der Waals surface area contributed by atoms with Gasteiger partial charge in [-0.2, -0.15) is 5.10 Å². The highest BCUT2D eigenvalue weighted by atomic mass is 32.2. The van der Waals surface area contributed by atoms with Gasteiger partial charge in [-0.3, -0.25) is 9.89 Å². The molecule has 0 unspecified atom stereocenters. The van der Waals surface area contributed by atoms with E-state index in [-0.39, 0.29) is 5.91 Å². The summed E-state index contributed by atoms with van der Waals surface area (Å²) < 4.78 is 5.45. The lowest BCUT2D eigenvalue weighted by molar-refractivity contribution is 0.0719. The molecule has 0 aliphatic heterocycles. The molecule has 0 atom stereocenters. The summed E-state index contributed by atoms with van der Waals surface area (Å²) >= 11 is 3.21. The average Bonchev–Trinajstić information content (AvgIpc) is 3.49. The van der Waals surface area contributed by atoms with E-state index in [4.69, 9.17) is 4.42 Å². The summed E-state index contributed by atoms with van der Waals surface area (Å²) in [5, 5.41) is 9.46. The average molecular weight is 411 g/mol. The normalized spacial score (nSPS) is 10.9. The number of H-pyrrole nitrogens is 1. The Morgan fingerprint density at radius 1 is 1.14 bits per heavy atom. The number of hydrogen-bond acceptors (Lipinski definition) is 6. The van der Waals surface area contributed by atoms with E-state index in [1.165, 1.54) is 6.33 Å².